The Hall–Kier alpha value is -2.61. The molecule has 0 atom stereocenters. The summed E-state index contributed by atoms with van der Waals surface area (Å²) in [6.07, 6.45) is 8.67. The number of hydrogen-bond donors (Lipinski definition) is 0. The van der Waals surface area contributed by atoms with Crippen LogP contribution >= 0.6 is 0 Å². The van der Waals surface area contributed by atoms with Crippen molar-refractivity contribution >= 4 is 0 Å². The average Bonchev–Trinajstić information content (AvgIpc) is 2.76. The smallest absolute Gasteiger partial charge is 0.119 e. The summed E-state index contributed by atoms with van der Waals surface area (Å²) in [5.74, 6) is 0.978. The van der Waals surface area contributed by atoms with Crippen LogP contribution < -0.4 is 4.74 Å². The molecule has 0 spiro atoms. The second-order valence-electron chi connectivity index (χ2n) is 7.30. The third-order valence-corrected chi connectivity index (χ3v) is 5.13. The van der Waals surface area contributed by atoms with Gasteiger partial charge < -0.3 is 4.74 Å². The predicted molar refractivity (Wildman–Crippen MR) is 118 cm³/mol. The highest BCUT2D eigenvalue weighted by Gasteiger charge is 2.02. The number of pyridine rings is 1. The van der Waals surface area contributed by atoms with Crippen LogP contribution in [0, 0.1) is 0 Å². The molecular weight excluding hydrogens is 342 g/mol. The SMILES string of the molecule is CCCCCOc1ccc(CCc2ccc(-c3ccc(CC)cn3)cc2)cc1. The van der Waals surface area contributed by atoms with Gasteiger partial charge in [0.15, 0.2) is 0 Å². The van der Waals surface area contributed by atoms with E-state index in [0.717, 1.165) is 43.7 Å². The molecule has 0 bridgehead atoms. The predicted octanol–water partition coefficient (Wildman–Crippen LogP) is 6.67. The fourth-order valence-electron chi connectivity index (χ4n) is 3.23. The highest BCUT2D eigenvalue weighted by Crippen LogP contribution is 2.19. The molecule has 2 aromatic carbocycles. The Balaban J connectivity index is 1.50. The molecular formula is C26H31NO. The molecule has 0 N–H and O–H groups in total. The minimum atomic E-state index is 0.815. The monoisotopic (exact) mass is 373 g/mol. The summed E-state index contributed by atoms with van der Waals surface area (Å²) in [5.41, 5.74) is 6.20. The van der Waals surface area contributed by atoms with Gasteiger partial charge in [0.1, 0.15) is 5.75 Å². The molecule has 0 radical (unpaired) electrons. The molecule has 2 nitrogen and oxygen atoms in total. The number of aromatic nitrogens is 1. The van der Waals surface area contributed by atoms with Crippen LogP contribution in [-0.4, -0.2) is 11.6 Å². The first-order chi connectivity index (χ1) is 13.8. The standard InChI is InChI=1S/C26H31NO/c1-3-5-6-19-28-25-16-11-23(12-17-25)8-7-22-9-14-24(15-10-22)26-18-13-21(4-2)20-27-26/h9-18,20H,3-8,19H2,1-2H3. The van der Waals surface area contributed by atoms with Crippen molar-refractivity contribution in [2.45, 2.75) is 52.4 Å². The molecule has 1 heterocycles. The quantitative estimate of drug-likeness (QED) is 0.370. The summed E-state index contributed by atoms with van der Waals surface area (Å²) in [6, 6.07) is 21.6. The first kappa shape index (κ1) is 20.1. The Morgan fingerprint density at radius 2 is 1.36 bits per heavy atom. The van der Waals surface area contributed by atoms with Crippen LogP contribution in [0.4, 0.5) is 0 Å². The number of unbranched alkanes of at least 4 members (excludes halogenated alkanes) is 2. The number of rotatable bonds is 10. The van der Waals surface area contributed by atoms with Gasteiger partial charge >= 0.3 is 0 Å². The van der Waals surface area contributed by atoms with Crippen molar-refractivity contribution in [3.05, 3.63) is 83.6 Å². The van der Waals surface area contributed by atoms with Crippen molar-refractivity contribution < 1.29 is 4.74 Å². The Morgan fingerprint density at radius 3 is 1.93 bits per heavy atom. The minimum absolute atomic E-state index is 0.815. The van der Waals surface area contributed by atoms with Crippen molar-refractivity contribution in [3.8, 4) is 17.0 Å². The van der Waals surface area contributed by atoms with Crippen molar-refractivity contribution in [1.82, 2.24) is 4.98 Å². The van der Waals surface area contributed by atoms with Gasteiger partial charge in [0, 0.05) is 11.8 Å². The van der Waals surface area contributed by atoms with Crippen LogP contribution in [-0.2, 0) is 19.3 Å². The highest BCUT2D eigenvalue weighted by molar-refractivity contribution is 5.59. The van der Waals surface area contributed by atoms with Crippen LogP contribution in [0.15, 0.2) is 66.9 Å². The number of ether oxygens (including phenoxy) is 1. The molecule has 1 aromatic heterocycles. The van der Waals surface area contributed by atoms with Gasteiger partial charge in [0.2, 0.25) is 0 Å². The van der Waals surface area contributed by atoms with Gasteiger partial charge in [-0.2, -0.15) is 0 Å². The molecule has 146 valence electrons. The molecule has 0 amide bonds. The maximum Gasteiger partial charge on any atom is 0.119 e. The third kappa shape index (κ3) is 5.95. The van der Waals surface area contributed by atoms with Crippen LogP contribution in [0.3, 0.4) is 0 Å². The average molecular weight is 374 g/mol. The van der Waals surface area contributed by atoms with E-state index in [9.17, 15) is 0 Å². The number of benzene rings is 2. The van der Waals surface area contributed by atoms with E-state index in [1.54, 1.807) is 0 Å². The number of aryl methyl sites for hydroxylation is 3. The van der Waals surface area contributed by atoms with Gasteiger partial charge in [0.25, 0.3) is 0 Å². The fraction of sp³-hybridized carbons (Fsp3) is 0.346. The maximum atomic E-state index is 5.79. The van der Waals surface area contributed by atoms with Crippen molar-refractivity contribution in [2.24, 2.45) is 0 Å². The summed E-state index contributed by atoms with van der Waals surface area (Å²) < 4.78 is 5.79. The maximum absolute atomic E-state index is 5.79. The second kappa shape index (κ2) is 10.7. The summed E-state index contributed by atoms with van der Waals surface area (Å²) in [6.45, 7) is 5.18. The molecule has 0 unspecified atom stereocenters. The summed E-state index contributed by atoms with van der Waals surface area (Å²) in [5, 5.41) is 0. The van der Waals surface area contributed by atoms with E-state index in [1.807, 2.05) is 6.20 Å². The van der Waals surface area contributed by atoms with E-state index in [0.29, 0.717) is 0 Å². The van der Waals surface area contributed by atoms with Crippen LogP contribution in [0.25, 0.3) is 11.3 Å². The van der Waals surface area contributed by atoms with E-state index in [-0.39, 0.29) is 0 Å². The zero-order valence-electron chi connectivity index (χ0n) is 17.2. The Labute approximate surface area is 169 Å². The zero-order valence-corrected chi connectivity index (χ0v) is 17.2. The van der Waals surface area contributed by atoms with E-state index >= 15 is 0 Å². The first-order valence-electron chi connectivity index (χ1n) is 10.5. The van der Waals surface area contributed by atoms with Crippen molar-refractivity contribution in [1.29, 1.82) is 0 Å². The van der Waals surface area contributed by atoms with E-state index in [1.165, 1.54) is 35.1 Å². The van der Waals surface area contributed by atoms with E-state index < -0.39 is 0 Å². The fourth-order valence-corrected chi connectivity index (χ4v) is 3.23. The van der Waals surface area contributed by atoms with Crippen molar-refractivity contribution in [2.75, 3.05) is 6.61 Å². The van der Waals surface area contributed by atoms with Gasteiger partial charge in [-0.25, -0.2) is 0 Å². The molecule has 0 saturated heterocycles. The number of hydrogen-bond acceptors (Lipinski definition) is 2. The largest absolute Gasteiger partial charge is 0.494 e. The lowest BCUT2D eigenvalue weighted by atomic mass is 10.0. The normalized spacial score (nSPS) is 10.8. The van der Waals surface area contributed by atoms with Gasteiger partial charge in [0.05, 0.1) is 12.3 Å². The van der Waals surface area contributed by atoms with Crippen molar-refractivity contribution in [3.63, 3.8) is 0 Å². The van der Waals surface area contributed by atoms with E-state index in [2.05, 4.69) is 79.5 Å². The lowest BCUT2D eigenvalue weighted by Gasteiger charge is -2.08. The van der Waals surface area contributed by atoms with Crippen LogP contribution in [0.2, 0.25) is 0 Å². The summed E-state index contributed by atoms with van der Waals surface area (Å²) >= 11 is 0. The molecule has 0 aliphatic rings. The molecule has 0 fully saturated rings. The first-order valence-corrected chi connectivity index (χ1v) is 10.5. The lowest BCUT2D eigenvalue weighted by Crippen LogP contribution is -1.97. The third-order valence-electron chi connectivity index (χ3n) is 5.13. The minimum Gasteiger partial charge on any atom is -0.494 e. The highest BCUT2D eigenvalue weighted by atomic mass is 16.5. The molecule has 0 saturated carbocycles. The van der Waals surface area contributed by atoms with Gasteiger partial charge in [-0.1, -0.05) is 69.2 Å². The van der Waals surface area contributed by atoms with Crippen LogP contribution in [0.5, 0.6) is 5.75 Å². The molecule has 0 aliphatic heterocycles. The molecule has 2 heteroatoms. The Morgan fingerprint density at radius 1 is 0.714 bits per heavy atom. The van der Waals surface area contributed by atoms with Gasteiger partial charge in [-0.15, -0.1) is 0 Å². The number of nitrogens with zero attached hydrogens (tertiary/aromatic N) is 1. The molecule has 3 aromatic rings. The Kier molecular flexibility index (Phi) is 7.66. The lowest BCUT2D eigenvalue weighted by molar-refractivity contribution is 0.306. The summed E-state index contributed by atoms with van der Waals surface area (Å²) in [4.78, 5) is 4.57. The molecule has 0 aliphatic carbocycles. The van der Waals surface area contributed by atoms with Crippen LogP contribution in [0.1, 0.15) is 49.8 Å². The molecule has 3 rings (SSSR count). The summed E-state index contributed by atoms with van der Waals surface area (Å²) in [7, 11) is 0. The zero-order chi connectivity index (χ0) is 19.6. The Bertz CT molecular complexity index is 820. The second-order valence-corrected chi connectivity index (χ2v) is 7.30. The van der Waals surface area contributed by atoms with E-state index in [4.69, 9.17) is 4.74 Å². The van der Waals surface area contributed by atoms with Gasteiger partial charge in [-0.3, -0.25) is 4.98 Å². The molecule has 28 heavy (non-hydrogen) atoms. The topological polar surface area (TPSA) is 22.1 Å². The van der Waals surface area contributed by atoms with Gasteiger partial charge in [-0.05, 0) is 60.6 Å².